The average molecular weight is 256 g/mol. The van der Waals surface area contributed by atoms with Crippen molar-refractivity contribution in [3.8, 4) is 0 Å². The fourth-order valence-corrected chi connectivity index (χ4v) is 2.54. The first kappa shape index (κ1) is 8.71. The van der Waals surface area contributed by atoms with E-state index < -0.39 is 5.60 Å². The topological polar surface area (TPSA) is 41.5 Å². The van der Waals surface area contributed by atoms with Crippen LogP contribution in [-0.4, -0.2) is 17.9 Å². The van der Waals surface area contributed by atoms with Crippen LogP contribution in [-0.2, 0) is 10.3 Å². The summed E-state index contributed by atoms with van der Waals surface area (Å²) in [5.74, 6) is 0. The molecular formula is C10H10BrNO2. The van der Waals surface area contributed by atoms with Crippen LogP contribution < -0.4 is 5.32 Å². The molecule has 2 aliphatic heterocycles. The Kier molecular flexibility index (Phi) is 1.69. The van der Waals surface area contributed by atoms with Crippen molar-refractivity contribution in [3.05, 3.63) is 28.2 Å². The Morgan fingerprint density at radius 2 is 2.43 bits per heavy atom. The van der Waals surface area contributed by atoms with Gasteiger partial charge in [-0.15, -0.1) is 0 Å². The first-order valence-electron chi connectivity index (χ1n) is 4.61. The summed E-state index contributed by atoms with van der Waals surface area (Å²) in [7, 11) is 0. The van der Waals surface area contributed by atoms with Crippen molar-refractivity contribution in [1.29, 1.82) is 0 Å². The van der Waals surface area contributed by atoms with Gasteiger partial charge < -0.3 is 15.2 Å². The van der Waals surface area contributed by atoms with Gasteiger partial charge in [-0.2, -0.15) is 0 Å². The zero-order chi connectivity index (χ0) is 9.76. The highest BCUT2D eigenvalue weighted by Gasteiger charge is 2.50. The number of anilines is 1. The van der Waals surface area contributed by atoms with Gasteiger partial charge in [-0.25, -0.2) is 0 Å². The van der Waals surface area contributed by atoms with E-state index in [9.17, 15) is 5.11 Å². The smallest absolute Gasteiger partial charge is 0.161 e. The van der Waals surface area contributed by atoms with E-state index in [0.717, 1.165) is 15.7 Å². The van der Waals surface area contributed by atoms with Crippen molar-refractivity contribution in [3.63, 3.8) is 0 Å². The number of halogens is 1. The van der Waals surface area contributed by atoms with Crippen LogP contribution >= 0.6 is 15.9 Å². The first-order chi connectivity index (χ1) is 6.70. The predicted molar refractivity (Wildman–Crippen MR) is 56.0 cm³/mol. The molecule has 0 aromatic heterocycles. The predicted octanol–water partition coefficient (Wildman–Crippen LogP) is 1.81. The van der Waals surface area contributed by atoms with Gasteiger partial charge in [-0.05, 0) is 18.2 Å². The molecule has 2 atom stereocenters. The molecule has 0 spiro atoms. The van der Waals surface area contributed by atoms with Gasteiger partial charge in [0.25, 0.3) is 0 Å². The van der Waals surface area contributed by atoms with Crippen molar-refractivity contribution >= 4 is 21.6 Å². The van der Waals surface area contributed by atoms with Gasteiger partial charge in [0.1, 0.15) is 5.60 Å². The highest BCUT2D eigenvalue weighted by molar-refractivity contribution is 9.10. The number of nitrogens with one attached hydrogen (secondary N) is 1. The molecule has 3 rings (SSSR count). The number of aliphatic hydroxyl groups is 1. The summed E-state index contributed by atoms with van der Waals surface area (Å²) in [4.78, 5) is 0. The molecule has 14 heavy (non-hydrogen) atoms. The highest BCUT2D eigenvalue weighted by Crippen LogP contribution is 2.46. The van der Waals surface area contributed by atoms with Gasteiger partial charge >= 0.3 is 0 Å². The largest absolute Gasteiger partial charge is 0.380 e. The van der Waals surface area contributed by atoms with E-state index in [-0.39, 0.29) is 6.23 Å². The quantitative estimate of drug-likeness (QED) is 0.743. The van der Waals surface area contributed by atoms with Crippen LogP contribution in [0.15, 0.2) is 22.7 Å². The third-order valence-corrected chi connectivity index (χ3v) is 3.43. The Morgan fingerprint density at radius 1 is 1.57 bits per heavy atom. The van der Waals surface area contributed by atoms with Crippen molar-refractivity contribution in [1.82, 2.24) is 0 Å². The van der Waals surface area contributed by atoms with Crippen molar-refractivity contribution in [2.24, 2.45) is 0 Å². The molecule has 2 unspecified atom stereocenters. The van der Waals surface area contributed by atoms with Crippen LogP contribution in [0, 0.1) is 0 Å². The van der Waals surface area contributed by atoms with E-state index in [1.54, 1.807) is 0 Å². The lowest BCUT2D eigenvalue weighted by Gasteiger charge is -2.20. The number of hydrogen-bond acceptors (Lipinski definition) is 3. The van der Waals surface area contributed by atoms with E-state index >= 15 is 0 Å². The van der Waals surface area contributed by atoms with Gasteiger partial charge in [-0.1, -0.05) is 15.9 Å². The minimum Gasteiger partial charge on any atom is -0.380 e. The Labute approximate surface area is 90.2 Å². The normalized spacial score (nSPS) is 33.7. The molecule has 0 amide bonds. The molecule has 4 heteroatoms. The Hall–Kier alpha value is -0.580. The zero-order valence-corrected chi connectivity index (χ0v) is 9.04. The van der Waals surface area contributed by atoms with E-state index in [1.165, 1.54) is 0 Å². The lowest BCUT2D eigenvalue weighted by atomic mass is 9.93. The maximum atomic E-state index is 10.4. The third kappa shape index (κ3) is 0.988. The minimum absolute atomic E-state index is 0.271. The highest BCUT2D eigenvalue weighted by atomic mass is 79.9. The van der Waals surface area contributed by atoms with Gasteiger partial charge in [0.05, 0.1) is 6.61 Å². The van der Waals surface area contributed by atoms with E-state index in [1.807, 2.05) is 18.2 Å². The second-order valence-corrected chi connectivity index (χ2v) is 4.68. The monoisotopic (exact) mass is 255 g/mol. The van der Waals surface area contributed by atoms with Crippen LogP contribution in [0.3, 0.4) is 0 Å². The molecule has 1 aromatic rings. The molecule has 74 valence electrons. The number of ether oxygens (including phenoxy) is 1. The van der Waals surface area contributed by atoms with Gasteiger partial charge in [0.2, 0.25) is 0 Å². The van der Waals surface area contributed by atoms with Crippen molar-refractivity contribution < 1.29 is 9.84 Å². The van der Waals surface area contributed by atoms with Crippen LogP contribution in [0.5, 0.6) is 0 Å². The van der Waals surface area contributed by atoms with Gasteiger partial charge in [-0.3, -0.25) is 0 Å². The summed E-state index contributed by atoms with van der Waals surface area (Å²) in [5.41, 5.74) is 1.08. The summed E-state index contributed by atoms with van der Waals surface area (Å²) >= 11 is 3.41. The lowest BCUT2D eigenvalue weighted by molar-refractivity contribution is -0.0169. The molecule has 0 aliphatic carbocycles. The second kappa shape index (κ2) is 2.72. The van der Waals surface area contributed by atoms with Crippen LogP contribution in [0.25, 0.3) is 0 Å². The Balaban J connectivity index is 2.17. The van der Waals surface area contributed by atoms with Crippen LogP contribution in [0.4, 0.5) is 5.69 Å². The molecule has 1 fully saturated rings. The number of benzene rings is 1. The number of fused-ring (bicyclic) bond motifs is 3. The number of hydrogen-bond donors (Lipinski definition) is 2. The van der Waals surface area contributed by atoms with E-state index in [4.69, 9.17) is 4.74 Å². The summed E-state index contributed by atoms with van der Waals surface area (Å²) in [6, 6.07) is 5.87. The molecule has 0 radical (unpaired) electrons. The molecule has 1 aromatic carbocycles. The fourth-order valence-electron chi connectivity index (χ4n) is 2.18. The summed E-state index contributed by atoms with van der Waals surface area (Å²) in [6.45, 7) is 0.611. The lowest BCUT2D eigenvalue weighted by Crippen LogP contribution is -2.33. The third-order valence-electron chi connectivity index (χ3n) is 2.94. The van der Waals surface area contributed by atoms with Crippen LogP contribution in [0.2, 0.25) is 0 Å². The van der Waals surface area contributed by atoms with E-state index in [0.29, 0.717) is 13.0 Å². The molecular weight excluding hydrogens is 246 g/mol. The van der Waals surface area contributed by atoms with Gasteiger partial charge in [0.15, 0.2) is 6.23 Å². The van der Waals surface area contributed by atoms with Crippen LogP contribution in [0.1, 0.15) is 12.0 Å². The summed E-state index contributed by atoms with van der Waals surface area (Å²) < 4.78 is 6.41. The molecule has 0 saturated carbocycles. The molecule has 0 bridgehead atoms. The van der Waals surface area contributed by atoms with Crippen molar-refractivity contribution in [2.75, 3.05) is 11.9 Å². The Bertz CT molecular complexity index is 396. The number of rotatable bonds is 0. The molecule has 1 saturated heterocycles. The minimum atomic E-state index is -0.834. The standard InChI is InChI=1S/C10H10BrNO2/c11-6-1-2-8-7(5-6)10(13)3-4-14-9(10)12-8/h1-2,5,9,12-13H,3-4H2. The molecule has 2 N–H and O–H groups in total. The summed E-state index contributed by atoms with van der Waals surface area (Å²) in [5, 5.41) is 13.6. The molecule has 3 nitrogen and oxygen atoms in total. The maximum Gasteiger partial charge on any atom is 0.161 e. The fraction of sp³-hybridized carbons (Fsp3) is 0.400. The Morgan fingerprint density at radius 3 is 3.29 bits per heavy atom. The van der Waals surface area contributed by atoms with E-state index in [2.05, 4.69) is 21.2 Å². The molecule has 2 aliphatic rings. The average Bonchev–Trinajstić information content (AvgIpc) is 2.62. The summed E-state index contributed by atoms with van der Waals surface area (Å²) in [6.07, 6.45) is 0.389. The van der Waals surface area contributed by atoms with Crippen molar-refractivity contribution in [2.45, 2.75) is 18.2 Å². The second-order valence-electron chi connectivity index (χ2n) is 3.76. The molecule has 2 heterocycles. The zero-order valence-electron chi connectivity index (χ0n) is 7.46. The SMILES string of the molecule is OC12CCOC1Nc1ccc(Br)cc12. The first-order valence-corrected chi connectivity index (χ1v) is 5.40. The van der Waals surface area contributed by atoms with Gasteiger partial charge in [0, 0.05) is 22.1 Å². The maximum absolute atomic E-state index is 10.4.